The summed E-state index contributed by atoms with van der Waals surface area (Å²) in [6.07, 6.45) is 0.815. The zero-order valence-corrected chi connectivity index (χ0v) is 11.3. The lowest BCUT2D eigenvalue weighted by molar-refractivity contribution is -0.121. The zero-order valence-electron chi connectivity index (χ0n) is 10.5. The summed E-state index contributed by atoms with van der Waals surface area (Å²) in [7, 11) is 0.730. The molecule has 0 saturated heterocycles. The first kappa shape index (κ1) is 15.3. The SMILES string of the molecule is CC[C@H](C)NC(=O)CN(C)S(=O)(=O)N(C)C. The minimum absolute atomic E-state index is 0.0583. The van der Waals surface area contributed by atoms with E-state index in [1.54, 1.807) is 0 Å². The van der Waals surface area contributed by atoms with Crippen LogP contribution >= 0.6 is 0 Å². The van der Waals surface area contributed by atoms with Crippen molar-refractivity contribution in [3.05, 3.63) is 0 Å². The quantitative estimate of drug-likeness (QED) is 0.701. The van der Waals surface area contributed by atoms with Gasteiger partial charge in [-0.05, 0) is 13.3 Å². The van der Waals surface area contributed by atoms with E-state index in [9.17, 15) is 13.2 Å². The molecule has 0 rings (SSSR count). The molecule has 0 aliphatic rings. The highest BCUT2D eigenvalue weighted by atomic mass is 32.2. The molecule has 0 saturated carbocycles. The number of carbonyl (C=O) groups is 1. The lowest BCUT2D eigenvalue weighted by Gasteiger charge is -2.21. The molecule has 0 aromatic rings. The maximum atomic E-state index is 11.6. The van der Waals surface area contributed by atoms with Crippen LogP contribution in [0.15, 0.2) is 0 Å². The Morgan fingerprint density at radius 3 is 2.19 bits per heavy atom. The van der Waals surface area contributed by atoms with Crippen LogP contribution in [0.2, 0.25) is 0 Å². The summed E-state index contributed by atoms with van der Waals surface area (Å²) in [6, 6.07) is 0.0583. The van der Waals surface area contributed by atoms with Crippen LogP contribution in [0.1, 0.15) is 20.3 Å². The van der Waals surface area contributed by atoms with Gasteiger partial charge in [0, 0.05) is 27.2 Å². The summed E-state index contributed by atoms with van der Waals surface area (Å²) in [6.45, 7) is 3.66. The lowest BCUT2D eigenvalue weighted by Crippen LogP contribution is -2.45. The average molecular weight is 251 g/mol. The Morgan fingerprint density at radius 2 is 1.81 bits per heavy atom. The van der Waals surface area contributed by atoms with Gasteiger partial charge in [0.1, 0.15) is 0 Å². The number of nitrogens with zero attached hydrogens (tertiary/aromatic N) is 2. The maximum absolute atomic E-state index is 11.6. The molecule has 0 fully saturated rings. The lowest BCUT2D eigenvalue weighted by atomic mass is 10.2. The van der Waals surface area contributed by atoms with E-state index < -0.39 is 10.2 Å². The van der Waals surface area contributed by atoms with Crippen molar-refractivity contribution >= 4 is 16.1 Å². The summed E-state index contributed by atoms with van der Waals surface area (Å²) in [5, 5.41) is 2.71. The third-order valence-corrected chi connectivity index (χ3v) is 4.08. The standard InChI is InChI=1S/C9H21N3O3S/c1-6-8(2)10-9(13)7-12(5)16(14,15)11(3)4/h8H,6-7H2,1-5H3,(H,10,13)/t8-/m0/s1. The fraction of sp³-hybridized carbons (Fsp3) is 0.889. The van der Waals surface area contributed by atoms with Crippen molar-refractivity contribution in [2.75, 3.05) is 27.7 Å². The van der Waals surface area contributed by atoms with Crippen LogP contribution in [0.5, 0.6) is 0 Å². The van der Waals surface area contributed by atoms with E-state index in [1.165, 1.54) is 21.1 Å². The van der Waals surface area contributed by atoms with Crippen LogP contribution in [0.4, 0.5) is 0 Å². The van der Waals surface area contributed by atoms with Crippen LogP contribution in [0.25, 0.3) is 0 Å². The van der Waals surface area contributed by atoms with Gasteiger partial charge >= 0.3 is 0 Å². The molecule has 0 aliphatic heterocycles. The smallest absolute Gasteiger partial charge is 0.281 e. The summed E-state index contributed by atoms with van der Waals surface area (Å²) >= 11 is 0. The van der Waals surface area contributed by atoms with Gasteiger partial charge in [-0.2, -0.15) is 17.0 Å². The van der Waals surface area contributed by atoms with Crippen LogP contribution < -0.4 is 5.32 Å². The first-order valence-corrected chi connectivity index (χ1v) is 6.54. The molecule has 1 atom stereocenters. The van der Waals surface area contributed by atoms with E-state index in [-0.39, 0.29) is 18.5 Å². The van der Waals surface area contributed by atoms with Crippen LogP contribution in [0, 0.1) is 0 Å². The fourth-order valence-electron chi connectivity index (χ4n) is 0.985. The number of hydrogen-bond donors (Lipinski definition) is 1. The molecule has 16 heavy (non-hydrogen) atoms. The van der Waals surface area contributed by atoms with E-state index in [1.807, 2.05) is 13.8 Å². The minimum atomic E-state index is -3.51. The Bertz CT molecular complexity index is 327. The Kier molecular flexibility index (Phi) is 5.91. The van der Waals surface area contributed by atoms with Gasteiger partial charge in [0.2, 0.25) is 5.91 Å². The van der Waals surface area contributed by atoms with E-state index >= 15 is 0 Å². The van der Waals surface area contributed by atoms with Crippen LogP contribution in [-0.4, -0.2) is 56.7 Å². The van der Waals surface area contributed by atoms with Gasteiger partial charge in [-0.15, -0.1) is 0 Å². The molecule has 0 aliphatic carbocycles. The van der Waals surface area contributed by atoms with Crippen molar-refractivity contribution in [1.82, 2.24) is 13.9 Å². The molecule has 0 unspecified atom stereocenters. The molecule has 0 spiro atoms. The fourth-order valence-corrected chi connectivity index (χ4v) is 1.82. The van der Waals surface area contributed by atoms with Crippen molar-refractivity contribution < 1.29 is 13.2 Å². The molecular weight excluding hydrogens is 230 g/mol. The van der Waals surface area contributed by atoms with Gasteiger partial charge in [0.15, 0.2) is 0 Å². The van der Waals surface area contributed by atoms with Crippen molar-refractivity contribution in [1.29, 1.82) is 0 Å². The van der Waals surface area contributed by atoms with Gasteiger partial charge in [-0.1, -0.05) is 6.92 Å². The largest absolute Gasteiger partial charge is 0.353 e. The van der Waals surface area contributed by atoms with Crippen LogP contribution in [0.3, 0.4) is 0 Å². The Labute approximate surface area is 97.8 Å². The predicted octanol–water partition coefficient (Wildman–Crippen LogP) is -0.361. The maximum Gasteiger partial charge on any atom is 0.281 e. The van der Waals surface area contributed by atoms with E-state index in [0.29, 0.717) is 0 Å². The molecule has 0 bridgehead atoms. The van der Waals surface area contributed by atoms with E-state index in [4.69, 9.17) is 0 Å². The van der Waals surface area contributed by atoms with E-state index in [0.717, 1.165) is 15.0 Å². The van der Waals surface area contributed by atoms with E-state index in [2.05, 4.69) is 5.32 Å². The first-order valence-electron chi connectivity index (χ1n) is 5.15. The molecule has 0 aromatic heterocycles. The van der Waals surface area contributed by atoms with Gasteiger partial charge in [-0.3, -0.25) is 4.79 Å². The number of carbonyl (C=O) groups excluding carboxylic acids is 1. The topological polar surface area (TPSA) is 69.7 Å². The predicted molar refractivity (Wildman–Crippen MR) is 63.1 cm³/mol. The Hall–Kier alpha value is -0.660. The third kappa shape index (κ3) is 4.46. The van der Waals surface area contributed by atoms with Gasteiger partial charge in [0.25, 0.3) is 10.2 Å². The molecule has 1 amide bonds. The van der Waals surface area contributed by atoms with Crippen molar-refractivity contribution in [2.45, 2.75) is 26.3 Å². The zero-order chi connectivity index (χ0) is 12.9. The molecule has 0 heterocycles. The second-order valence-electron chi connectivity index (χ2n) is 3.92. The Morgan fingerprint density at radius 1 is 1.31 bits per heavy atom. The highest BCUT2D eigenvalue weighted by molar-refractivity contribution is 7.86. The summed E-state index contributed by atoms with van der Waals surface area (Å²) in [5.74, 6) is -0.290. The summed E-state index contributed by atoms with van der Waals surface area (Å²) in [4.78, 5) is 11.5. The summed E-state index contributed by atoms with van der Waals surface area (Å²) in [5.41, 5.74) is 0. The summed E-state index contributed by atoms with van der Waals surface area (Å²) < 4.78 is 25.3. The Balaban J connectivity index is 4.36. The van der Waals surface area contributed by atoms with Crippen molar-refractivity contribution in [3.63, 3.8) is 0 Å². The molecule has 0 radical (unpaired) electrons. The normalized spacial score (nSPS) is 14.2. The minimum Gasteiger partial charge on any atom is -0.353 e. The number of amides is 1. The number of likely N-dealkylation sites (N-methyl/N-ethyl adjacent to an activating group) is 1. The molecular formula is C9H21N3O3S. The molecule has 6 nitrogen and oxygen atoms in total. The molecule has 96 valence electrons. The highest BCUT2D eigenvalue weighted by Gasteiger charge is 2.22. The highest BCUT2D eigenvalue weighted by Crippen LogP contribution is 2.00. The van der Waals surface area contributed by atoms with Gasteiger partial charge in [-0.25, -0.2) is 0 Å². The van der Waals surface area contributed by atoms with Gasteiger partial charge < -0.3 is 5.32 Å². The van der Waals surface area contributed by atoms with Crippen molar-refractivity contribution in [2.24, 2.45) is 0 Å². The van der Waals surface area contributed by atoms with Crippen molar-refractivity contribution in [3.8, 4) is 0 Å². The average Bonchev–Trinajstić information content (AvgIpc) is 2.16. The van der Waals surface area contributed by atoms with Gasteiger partial charge in [0.05, 0.1) is 6.54 Å². The second kappa shape index (κ2) is 6.17. The molecule has 1 N–H and O–H groups in total. The number of nitrogens with one attached hydrogen (secondary N) is 1. The second-order valence-corrected chi connectivity index (χ2v) is 6.17. The number of rotatable bonds is 6. The van der Waals surface area contributed by atoms with Crippen LogP contribution in [-0.2, 0) is 15.0 Å². The first-order chi connectivity index (χ1) is 7.21. The number of hydrogen-bond acceptors (Lipinski definition) is 3. The molecule has 0 aromatic carbocycles. The third-order valence-electron chi connectivity index (χ3n) is 2.24. The molecule has 7 heteroatoms. The monoisotopic (exact) mass is 251 g/mol.